The molecule has 29 heavy (non-hydrogen) atoms. The van der Waals surface area contributed by atoms with E-state index in [4.69, 9.17) is 14.2 Å². The van der Waals surface area contributed by atoms with Gasteiger partial charge in [0.05, 0.1) is 20.3 Å². The Morgan fingerprint density at radius 3 is 2.52 bits per heavy atom. The van der Waals surface area contributed by atoms with E-state index in [-0.39, 0.29) is 42.9 Å². The Hall–Kier alpha value is -1.25. The van der Waals surface area contributed by atoms with E-state index < -0.39 is 0 Å². The molecule has 0 aromatic heterocycles. The molecule has 0 spiro atoms. The van der Waals surface area contributed by atoms with Gasteiger partial charge in [-0.1, -0.05) is 12.1 Å². The lowest BCUT2D eigenvalue weighted by Crippen LogP contribution is -2.43. The molecule has 0 atom stereocenters. The molecule has 1 fully saturated rings. The van der Waals surface area contributed by atoms with Crippen molar-refractivity contribution < 1.29 is 19.0 Å². The largest absolute Gasteiger partial charge is 0.493 e. The first kappa shape index (κ1) is 27.8. The monoisotopic (exact) mass is 451 g/mol. The van der Waals surface area contributed by atoms with E-state index in [1.807, 2.05) is 39.0 Å². The summed E-state index contributed by atoms with van der Waals surface area (Å²) < 4.78 is 16.6. The molecule has 9 heteroatoms. The van der Waals surface area contributed by atoms with Gasteiger partial charge in [0.15, 0.2) is 18.1 Å². The van der Waals surface area contributed by atoms with Crippen molar-refractivity contribution in [1.29, 1.82) is 0 Å². The van der Waals surface area contributed by atoms with Crippen LogP contribution in [-0.2, 0) is 16.1 Å². The topological polar surface area (TPSA) is 72.1 Å². The molecule has 0 bridgehead atoms. The highest BCUT2D eigenvalue weighted by molar-refractivity contribution is 5.85. The number of carbonyl (C=O) groups excluding carboxylic acids is 1. The maximum absolute atomic E-state index is 12.1. The van der Waals surface area contributed by atoms with Crippen LogP contribution < -0.4 is 20.1 Å². The van der Waals surface area contributed by atoms with Gasteiger partial charge in [-0.2, -0.15) is 0 Å². The number of methoxy groups -OCH3 is 1. The molecule has 168 valence electrons. The van der Waals surface area contributed by atoms with Crippen molar-refractivity contribution in [2.24, 2.45) is 0 Å². The van der Waals surface area contributed by atoms with Gasteiger partial charge >= 0.3 is 0 Å². The Balaban J connectivity index is 0.00000392. The average molecular weight is 452 g/mol. The molecule has 1 aliphatic rings. The van der Waals surface area contributed by atoms with Gasteiger partial charge < -0.3 is 24.8 Å². The van der Waals surface area contributed by atoms with Gasteiger partial charge in [-0.3, -0.25) is 9.69 Å². The van der Waals surface area contributed by atoms with E-state index in [1.165, 1.54) is 0 Å². The number of amides is 1. The van der Waals surface area contributed by atoms with Gasteiger partial charge in [-0.15, -0.1) is 24.8 Å². The number of hydrogen-bond acceptors (Lipinski definition) is 6. The third kappa shape index (κ3) is 10.4. The fourth-order valence-electron chi connectivity index (χ4n) is 2.90. The van der Waals surface area contributed by atoms with Crippen LogP contribution in [0.15, 0.2) is 18.2 Å². The van der Waals surface area contributed by atoms with Crippen LogP contribution in [0.3, 0.4) is 0 Å². The molecule has 0 saturated carbocycles. The minimum Gasteiger partial charge on any atom is -0.493 e. The summed E-state index contributed by atoms with van der Waals surface area (Å²) in [4.78, 5) is 14.5. The van der Waals surface area contributed by atoms with Gasteiger partial charge in [0.2, 0.25) is 0 Å². The molecule has 0 aliphatic carbocycles. The SMILES string of the molecule is COc1cccc(CNCCN2CCOCC2)c1OCC(=O)NC(C)(C)C.Cl.Cl. The summed E-state index contributed by atoms with van der Waals surface area (Å²) in [6, 6.07) is 5.76. The molecule has 1 aromatic rings. The highest BCUT2D eigenvalue weighted by Gasteiger charge is 2.17. The first-order valence-electron chi connectivity index (χ1n) is 9.49. The molecule has 1 aliphatic heterocycles. The number of para-hydroxylation sites is 1. The number of nitrogens with zero attached hydrogens (tertiary/aromatic N) is 1. The Morgan fingerprint density at radius 1 is 1.21 bits per heavy atom. The fourth-order valence-corrected chi connectivity index (χ4v) is 2.90. The normalized spacial score (nSPS) is 14.3. The summed E-state index contributed by atoms with van der Waals surface area (Å²) in [5.74, 6) is 1.09. The van der Waals surface area contributed by atoms with Crippen molar-refractivity contribution in [3.63, 3.8) is 0 Å². The molecule has 0 unspecified atom stereocenters. The molecule has 1 saturated heterocycles. The van der Waals surface area contributed by atoms with E-state index in [9.17, 15) is 4.79 Å². The van der Waals surface area contributed by atoms with Crippen LogP contribution in [0.25, 0.3) is 0 Å². The Bertz CT molecular complexity index is 606. The standard InChI is InChI=1S/C20H33N3O4.2ClH/c1-20(2,3)22-18(24)15-27-19-16(6-5-7-17(19)25-4)14-21-8-9-23-10-12-26-13-11-23;;/h5-7,21H,8-15H2,1-4H3,(H,22,24);2*1H. The average Bonchev–Trinajstić information content (AvgIpc) is 2.63. The van der Waals surface area contributed by atoms with Crippen molar-refractivity contribution >= 4 is 30.7 Å². The number of ether oxygens (including phenoxy) is 3. The van der Waals surface area contributed by atoms with E-state index in [2.05, 4.69) is 15.5 Å². The van der Waals surface area contributed by atoms with Crippen LogP contribution in [-0.4, -0.2) is 69.5 Å². The molecule has 2 N–H and O–H groups in total. The summed E-state index contributed by atoms with van der Waals surface area (Å²) in [5, 5.41) is 6.35. The van der Waals surface area contributed by atoms with E-state index in [0.717, 1.165) is 45.0 Å². The zero-order valence-corrected chi connectivity index (χ0v) is 19.4. The Labute approximate surface area is 186 Å². The maximum Gasteiger partial charge on any atom is 0.258 e. The third-order valence-electron chi connectivity index (χ3n) is 4.17. The molecule has 0 radical (unpaired) electrons. The maximum atomic E-state index is 12.1. The molecule has 1 heterocycles. The highest BCUT2D eigenvalue weighted by Crippen LogP contribution is 2.31. The number of carbonyl (C=O) groups is 1. The summed E-state index contributed by atoms with van der Waals surface area (Å²) in [6.07, 6.45) is 0. The lowest BCUT2D eigenvalue weighted by atomic mass is 10.1. The van der Waals surface area contributed by atoms with Gasteiger partial charge in [-0.05, 0) is 26.8 Å². The zero-order chi connectivity index (χ0) is 19.7. The Kier molecular flexibility index (Phi) is 13.3. The van der Waals surface area contributed by atoms with Crippen LogP contribution in [0.2, 0.25) is 0 Å². The molecular weight excluding hydrogens is 417 g/mol. The second-order valence-corrected chi connectivity index (χ2v) is 7.67. The lowest BCUT2D eigenvalue weighted by Gasteiger charge is -2.26. The smallest absolute Gasteiger partial charge is 0.258 e. The minimum atomic E-state index is -0.287. The van der Waals surface area contributed by atoms with Crippen LogP contribution in [0, 0.1) is 0 Å². The first-order valence-corrected chi connectivity index (χ1v) is 9.49. The predicted molar refractivity (Wildman–Crippen MR) is 120 cm³/mol. The number of halogens is 2. The lowest BCUT2D eigenvalue weighted by molar-refractivity contribution is -0.124. The number of hydrogen-bond donors (Lipinski definition) is 2. The molecule has 2 rings (SSSR count). The second-order valence-electron chi connectivity index (χ2n) is 7.67. The third-order valence-corrected chi connectivity index (χ3v) is 4.17. The molecule has 1 aromatic carbocycles. The van der Waals surface area contributed by atoms with Crippen molar-refractivity contribution in [3.05, 3.63) is 23.8 Å². The summed E-state index contributed by atoms with van der Waals surface area (Å²) in [6.45, 7) is 11.9. The van der Waals surface area contributed by atoms with E-state index >= 15 is 0 Å². The summed E-state index contributed by atoms with van der Waals surface area (Å²) >= 11 is 0. The fraction of sp³-hybridized carbons (Fsp3) is 0.650. The first-order chi connectivity index (χ1) is 12.9. The van der Waals surface area contributed by atoms with Crippen molar-refractivity contribution in [2.45, 2.75) is 32.9 Å². The highest BCUT2D eigenvalue weighted by atomic mass is 35.5. The van der Waals surface area contributed by atoms with Crippen molar-refractivity contribution in [1.82, 2.24) is 15.5 Å². The van der Waals surface area contributed by atoms with Crippen LogP contribution in [0.4, 0.5) is 0 Å². The molecular formula is C20H35Cl2N3O4. The van der Waals surface area contributed by atoms with Gasteiger partial charge in [0.25, 0.3) is 5.91 Å². The van der Waals surface area contributed by atoms with E-state index in [0.29, 0.717) is 18.0 Å². The summed E-state index contributed by atoms with van der Waals surface area (Å²) in [7, 11) is 1.60. The molecule has 1 amide bonds. The van der Waals surface area contributed by atoms with Gasteiger partial charge in [0.1, 0.15) is 0 Å². The van der Waals surface area contributed by atoms with Crippen LogP contribution in [0.1, 0.15) is 26.3 Å². The van der Waals surface area contributed by atoms with Crippen LogP contribution >= 0.6 is 24.8 Å². The van der Waals surface area contributed by atoms with Crippen molar-refractivity contribution in [2.75, 3.05) is 53.1 Å². The second kappa shape index (κ2) is 13.9. The predicted octanol–water partition coefficient (Wildman–Crippen LogP) is 2.25. The number of morpholine rings is 1. The van der Waals surface area contributed by atoms with E-state index in [1.54, 1.807) is 7.11 Å². The molecule has 7 nitrogen and oxygen atoms in total. The van der Waals surface area contributed by atoms with Crippen molar-refractivity contribution in [3.8, 4) is 11.5 Å². The zero-order valence-electron chi connectivity index (χ0n) is 17.8. The number of rotatable bonds is 9. The summed E-state index contributed by atoms with van der Waals surface area (Å²) in [5.41, 5.74) is 0.686. The minimum absolute atomic E-state index is 0. The van der Waals surface area contributed by atoms with Crippen LogP contribution in [0.5, 0.6) is 11.5 Å². The Morgan fingerprint density at radius 2 is 1.90 bits per heavy atom. The quantitative estimate of drug-likeness (QED) is 0.561. The van der Waals surface area contributed by atoms with Gasteiger partial charge in [0, 0.05) is 43.8 Å². The number of nitrogens with one attached hydrogen (secondary N) is 2. The number of benzene rings is 1. The van der Waals surface area contributed by atoms with Gasteiger partial charge in [-0.25, -0.2) is 0 Å².